The number of rotatable bonds is 6. The Morgan fingerprint density at radius 2 is 2.07 bits per heavy atom. The van der Waals surface area contributed by atoms with E-state index in [0.717, 1.165) is 42.7 Å². The molecule has 1 aliphatic heterocycles. The number of amides is 1. The number of nitrogens with one attached hydrogen (secondary N) is 2. The SMILES string of the molecule is CC[C@H](C)[C@@H](NC(=O)[C@@H]1CCCN(c2ncccn2)C1)c1nc2ccccc2[nH]1. The molecule has 1 aromatic carbocycles. The normalized spacial score (nSPS) is 19.1. The van der Waals surface area contributed by atoms with E-state index in [0.29, 0.717) is 12.5 Å². The number of benzene rings is 1. The minimum absolute atomic E-state index is 0.0800. The molecule has 7 nitrogen and oxygen atoms in total. The molecule has 1 amide bonds. The first-order valence-electron chi connectivity index (χ1n) is 10.4. The van der Waals surface area contributed by atoms with Crippen LogP contribution in [-0.2, 0) is 4.79 Å². The van der Waals surface area contributed by atoms with Gasteiger partial charge in [0.25, 0.3) is 0 Å². The molecule has 0 spiro atoms. The molecule has 152 valence electrons. The number of hydrogen-bond acceptors (Lipinski definition) is 5. The van der Waals surface area contributed by atoms with E-state index in [2.05, 4.69) is 39.0 Å². The van der Waals surface area contributed by atoms with Gasteiger partial charge in [-0.25, -0.2) is 15.0 Å². The molecule has 3 atom stereocenters. The van der Waals surface area contributed by atoms with E-state index in [-0.39, 0.29) is 23.8 Å². The highest BCUT2D eigenvalue weighted by Crippen LogP contribution is 2.27. The molecule has 0 bridgehead atoms. The lowest BCUT2D eigenvalue weighted by atomic mass is 9.94. The van der Waals surface area contributed by atoms with E-state index in [9.17, 15) is 4.79 Å². The van der Waals surface area contributed by atoms with Gasteiger partial charge in [0.1, 0.15) is 5.82 Å². The lowest BCUT2D eigenvalue weighted by Crippen LogP contribution is -2.45. The molecule has 0 saturated carbocycles. The Hall–Kier alpha value is -2.96. The topological polar surface area (TPSA) is 86.8 Å². The van der Waals surface area contributed by atoms with Crippen LogP contribution in [0.15, 0.2) is 42.7 Å². The largest absolute Gasteiger partial charge is 0.346 e. The Morgan fingerprint density at radius 3 is 2.83 bits per heavy atom. The fourth-order valence-electron chi connectivity index (χ4n) is 3.93. The molecule has 2 N–H and O–H groups in total. The van der Waals surface area contributed by atoms with Gasteiger partial charge in [-0.05, 0) is 37.0 Å². The number of anilines is 1. The first-order chi connectivity index (χ1) is 14.2. The van der Waals surface area contributed by atoms with E-state index in [1.807, 2.05) is 30.3 Å². The summed E-state index contributed by atoms with van der Waals surface area (Å²) in [6.07, 6.45) is 6.27. The minimum atomic E-state index is -0.136. The van der Waals surface area contributed by atoms with Crippen molar-refractivity contribution < 1.29 is 4.79 Å². The maximum Gasteiger partial charge on any atom is 0.225 e. The standard InChI is InChI=1S/C22H28N6O/c1-3-15(2)19(20-25-17-9-4-5-10-18(17)26-20)27-21(29)16-8-6-13-28(14-16)22-23-11-7-12-24-22/h4-5,7,9-12,15-16,19H,3,6,8,13-14H2,1-2H3,(H,25,26)(H,27,29)/t15-,16+,19+/m0/s1. The Labute approximate surface area is 171 Å². The lowest BCUT2D eigenvalue weighted by Gasteiger charge is -2.33. The summed E-state index contributed by atoms with van der Waals surface area (Å²) in [6.45, 7) is 5.82. The molecule has 1 saturated heterocycles. The average molecular weight is 393 g/mol. The van der Waals surface area contributed by atoms with E-state index in [4.69, 9.17) is 4.98 Å². The van der Waals surface area contributed by atoms with Gasteiger partial charge in [0.15, 0.2) is 0 Å². The molecule has 0 unspecified atom stereocenters. The highest BCUT2D eigenvalue weighted by molar-refractivity contribution is 5.80. The quantitative estimate of drug-likeness (QED) is 0.671. The zero-order chi connectivity index (χ0) is 20.2. The van der Waals surface area contributed by atoms with Gasteiger partial charge in [-0.15, -0.1) is 0 Å². The third kappa shape index (κ3) is 4.23. The van der Waals surface area contributed by atoms with Gasteiger partial charge in [-0.3, -0.25) is 4.79 Å². The summed E-state index contributed by atoms with van der Waals surface area (Å²) >= 11 is 0. The molecule has 29 heavy (non-hydrogen) atoms. The molecule has 3 heterocycles. The van der Waals surface area contributed by atoms with Gasteiger partial charge < -0.3 is 15.2 Å². The van der Waals surface area contributed by atoms with Gasteiger partial charge >= 0.3 is 0 Å². The van der Waals surface area contributed by atoms with E-state index in [1.54, 1.807) is 12.4 Å². The van der Waals surface area contributed by atoms with Crippen molar-refractivity contribution in [1.29, 1.82) is 0 Å². The number of aromatic nitrogens is 4. The number of carbonyl (C=O) groups is 1. The van der Waals surface area contributed by atoms with Crippen molar-refractivity contribution in [3.63, 3.8) is 0 Å². The molecule has 7 heteroatoms. The molecular weight excluding hydrogens is 364 g/mol. The minimum Gasteiger partial charge on any atom is -0.346 e. The summed E-state index contributed by atoms with van der Waals surface area (Å²) in [5, 5.41) is 3.29. The summed E-state index contributed by atoms with van der Waals surface area (Å²) in [6, 6.07) is 9.64. The second-order valence-electron chi connectivity index (χ2n) is 7.84. The van der Waals surface area contributed by atoms with Crippen LogP contribution in [0.2, 0.25) is 0 Å². The van der Waals surface area contributed by atoms with E-state index >= 15 is 0 Å². The van der Waals surface area contributed by atoms with Crippen molar-refractivity contribution >= 4 is 22.9 Å². The van der Waals surface area contributed by atoms with Crippen LogP contribution in [0.4, 0.5) is 5.95 Å². The third-order valence-corrected chi connectivity index (χ3v) is 5.84. The zero-order valence-electron chi connectivity index (χ0n) is 17.0. The van der Waals surface area contributed by atoms with Gasteiger partial charge in [0.2, 0.25) is 11.9 Å². The number of imidazole rings is 1. The molecule has 0 aliphatic carbocycles. The number of nitrogens with zero attached hydrogens (tertiary/aromatic N) is 4. The molecule has 0 radical (unpaired) electrons. The predicted octanol–water partition coefficient (Wildman–Crippen LogP) is 3.47. The smallest absolute Gasteiger partial charge is 0.225 e. The summed E-state index contributed by atoms with van der Waals surface area (Å²) in [5.74, 6) is 1.80. The fraction of sp³-hybridized carbons (Fsp3) is 0.455. The Balaban J connectivity index is 1.50. The van der Waals surface area contributed by atoms with Crippen LogP contribution in [0, 0.1) is 11.8 Å². The zero-order valence-corrected chi connectivity index (χ0v) is 17.0. The summed E-state index contributed by atoms with van der Waals surface area (Å²) < 4.78 is 0. The van der Waals surface area contributed by atoms with Crippen LogP contribution in [-0.4, -0.2) is 38.9 Å². The Bertz CT molecular complexity index is 923. The summed E-state index contributed by atoms with van der Waals surface area (Å²) in [4.78, 5) is 32.1. The molecular formula is C22H28N6O. The maximum atomic E-state index is 13.2. The van der Waals surface area contributed by atoms with Crippen LogP contribution in [0.3, 0.4) is 0 Å². The van der Waals surface area contributed by atoms with Crippen molar-refractivity contribution in [3.05, 3.63) is 48.5 Å². The van der Waals surface area contributed by atoms with Crippen molar-refractivity contribution in [1.82, 2.24) is 25.3 Å². The number of carbonyl (C=O) groups excluding carboxylic acids is 1. The second-order valence-corrected chi connectivity index (χ2v) is 7.84. The highest BCUT2D eigenvalue weighted by Gasteiger charge is 2.31. The van der Waals surface area contributed by atoms with Crippen LogP contribution in [0.5, 0.6) is 0 Å². The Kier molecular flexibility index (Phi) is 5.74. The van der Waals surface area contributed by atoms with E-state index < -0.39 is 0 Å². The lowest BCUT2D eigenvalue weighted by molar-refractivity contribution is -0.126. The van der Waals surface area contributed by atoms with Crippen LogP contribution in [0.25, 0.3) is 11.0 Å². The van der Waals surface area contributed by atoms with Crippen LogP contribution in [0.1, 0.15) is 45.0 Å². The van der Waals surface area contributed by atoms with Gasteiger partial charge in [-0.2, -0.15) is 0 Å². The maximum absolute atomic E-state index is 13.2. The van der Waals surface area contributed by atoms with E-state index in [1.165, 1.54) is 0 Å². The average Bonchev–Trinajstić information content (AvgIpc) is 3.21. The van der Waals surface area contributed by atoms with Crippen molar-refractivity contribution in [2.75, 3.05) is 18.0 Å². The number of hydrogen-bond donors (Lipinski definition) is 2. The second kappa shape index (κ2) is 8.59. The fourth-order valence-corrected chi connectivity index (χ4v) is 3.93. The molecule has 1 fully saturated rings. The van der Waals surface area contributed by atoms with Gasteiger partial charge in [0, 0.05) is 25.5 Å². The Morgan fingerprint density at radius 1 is 1.28 bits per heavy atom. The molecule has 2 aromatic heterocycles. The first kappa shape index (κ1) is 19.4. The monoisotopic (exact) mass is 392 g/mol. The molecule has 1 aliphatic rings. The van der Waals surface area contributed by atoms with Gasteiger partial charge in [0.05, 0.1) is 23.0 Å². The predicted molar refractivity (Wildman–Crippen MR) is 113 cm³/mol. The van der Waals surface area contributed by atoms with Crippen molar-refractivity contribution in [2.24, 2.45) is 11.8 Å². The molecule has 4 rings (SSSR count). The summed E-state index contributed by atoms with van der Waals surface area (Å²) in [7, 11) is 0. The number of piperidine rings is 1. The number of fused-ring (bicyclic) bond motifs is 1. The molecule has 3 aromatic rings. The summed E-state index contributed by atoms with van der Waals surface area (Å²) in [5.41, 5.74) is 1.92. The van der Waals surface area contributed by atoms with Crippen LogP contribution < -0.4 is 10.2 Å². The number of para-hydroxylation sites is 2. The van der Waals surface area contributed by atoms with Crippen molar-refractivity contribution in [2.45, 2.75) is 39.2 Å². The van der Waals surface area contributed by atoms with Crippen LogP contribution >= 0.6 is 0 Å². The number of aromatic amines is 1. The number of H-pyrrole nitrogens is 1. The van der Waals surface area contributed by atoms with Crippen molar-refractivity contribution in [3.8, 4) is 0 Å². The highest BCUT2D eigenvalue weighted by atomic mass is 16.2. The third-order valence-electron chi connectivity index (χ3n) is 5.84. The first-order valence-corrected chi connectivity index (χ1v) is 10.4. The van der Waals surface area contributed by atoms with Gasteiger partial charge in [-0.1, -0.05) is 32.4 Å².